The number of ether oxygens (including phenoxy) is 1. The van der Waals surface area contributed by atoms with Gasteiger partial charge in [-0.25, -0.2) is 4.79 Å². The molecule has 0 fully saturated rings. The third-order valence-electron chi connectivity index (χ3n) is 4.74. The summed E-state index contributed by atoms with van der Waals surface area (Å²) < 4.78 is 5.11. The molecular weight excluding hydrogens is 392 g/mol. The molecule has 0 spiro atoms. The number of carbonyl (C=O) groups is 3. The van der Waals surface area contributed by atoms with Gasteiger partial charge >= 0.3 is 12.0 Å². The molecule has 0 bridgehead atoms. The van der Waals surface area contributed by atoms with Crippen LogP contribution in [0, 0.1) is 0 Å². The van der Waals surface area contributed by atoms with Crippen LogP contribution >= 0.6 is 11.6 Å². The van der Waals surface area contributed by atoms with Crippen molar-refractivity contribution in [3.05, 3.63) is 70.2 Å². The molecule has 154 valence electrons. The maximum Gasteiger partial charge on any atom is 0.312 e. The summed E-state index contributed by atoms with van der Waals surface area (Å²) in [5, 5.41) is 3.03. The van der Waals surface area contributed by atoms with E-state index in [1.165, 1.54) is 0 Å². The molecule has 0 aliphatic heterocycles. The molecule has 0 aliphatic rings. The minimum Gasteiger partial charge on any atom is -0.457 e. The number of benzene rings is 2. The summed E-state index contributed by atoms with van der Waals surface area (Å²) >= 11 is 5.86. The fourth-order valence-electron chi connectivity index (χ4n) is 2.81. The molecule has 0 aromatic heterocycles. The molecular formula is C22H25ClN2O4. The predicted molar refractivity (Wildman–Crippen MR) is 112 cm³/mol. The number of nitrogens with one attached hydrogen (secondary N) is 1. The second-order valence-corrected chi connectivity index (χ2v) is 7.27. The monoisotopic (exact) mass is 416 g/mol. The van der Waals surface area contributed by atoms with Crippen molar-refractivity contribution >= 4 is 29.4 Å². The van der Waals surface area contributed by atoms with Gasteiger partial charge in [0.25, 0.3) is 0 Å². The van der Waals surface area contributed by atoms with Crippen molar-refractivity contribution in [3.8, 4) is 0 Å². The molecule has 2 aromatic rings. The van der Waals surface area contributed by atoms with Crippen molar-refractivity contribution in [3.63, 3.8) is 0 Å². The highest BCUT2D eigenvalue weighted by Crippen LogP contribution is 2.21. The highest BCUT2D eigenvalue weighted by atomic mass is 35.5. The van der Waals surface area contributed by atoms with Gasteiger partial charge in [0.2, 0.25) is 0 Å². The number of hydrogen-bond donors (Lipinski definition) is 2. The molecule has 0 radical (unpaired) electrons. The van der Waals surface area contributed by atoms with E-state index in [4.69, 9.17) is 22.1 Å². The van der Waals surface area contributed by atoms with Crippen molar-refractivity contribution in [2.75, 3.05) is 6.61 Å². The van der Waals surface area contributed by atoms with Gasteiger partial charge in [-0.15, -0.1) is 0 Å². The number of ketones is 1. The average molecular weight is 417 g/mol. The van der Waals surface area contributed by atoms with E-state index in [0.717, 1.165) is 12.0 Å². The Labute approximate surface area is 175 Å². The molecule has 2 amide bonds. The van der Waals surface area contributed by atoms with Crippen molar-refractivity contribution in [1.29, 1.82) is 0 Å². The Kier molecular flexibility index (Phi) is 8.21. The maximum atomic E-state index is 12.3. The van der Waals surface area contributed by atoms with Gasteiger partial charge in [0.15, 0.2) is 12.4 Å². The van der Waals surface area contributed by atoms with Crippen LogP contribution in [0.2, 0.25) is 5.02 Å². The van der Waals surface area contributed by atoms with Gasteiger partial charge in [0.1, 0.15) is 0 Å². The van der Waals surface area contributed by atoms with Gasteiger partial charge in [-0.05, 0) is 35.6 Å². The zero-order valence-corrected chi connectivity index (χ0v) is 17.2. The zero-order valence-electron chi connectivity index (χ0n) is 16.5. The Hall–Kier alpha value is -2.86. The number of esters is 1. The minimum absolute atomic E-state index is 0.162. The number of primary amides is 1. The standard InChI is InChI=1S/C22H25ClN2O4/c1-3-14(2)15-4-6-17(7-5-15)20(26)13-29-21(27)12-19(25-22(24)28)16-8-10-18(23)11-9-16/h4-11,14,19H,3,12-13H2,1-2H3,(H3,24,25,28)/t14-,19+/m0/s1. The van der Waals surface area contributed by atoms with Gasteiger partial charge in [-0.3, -0.25) is 9.59 Å². The fourth-order valence-corrected chi connectivity index (χ4v) is 2.93. The molecule has 0 saturated heterocycles. The largest absolute Gasteiger partial charge is 0.457 e. The van der Waals surface area contributed by atoms with Crippen LogP contribution in [-0.4, -0.2) is 24.4 Å². The molecule has 0 unspecified atom stereocenters. The molecule has 6 nitrogen and oxygen atoms in total. The Morgan fingerprint density at radius 2 is 1.62 bits per heavy atom. The molecule has 0 saturated carbocycles. The lowest BCUT2D eigenvalue weighted by atomic mass is 9.97. The Bertz CT molecular complexity index is 850. The summed E-state index contributed by atoms with van der Waals surface area (Å²) in [6, 6.07) is 12.5. The van der Waals surface area contributed by atoms with E-state index < -0.39 is 18.0 Å². The fraction of sp³-hybridized carbons (Fsp3) is 0.318. The number of urea groups is 1. The second kappa shape index (κ2) is 10.6. The van der Waals surface area contributed by atoms with E-state index in [2.05, 4.69) is 19.2 Å². The molecule has 0 aliphatic carbocycles. The number of hydrogen-bond acceptors (Lipinski definition) is 4. The first-order chi connectivity index (χ1) is 13.8. The second-order valence-electron chi connectivity index (χ2n) is 6.83. The van der Waals surface area contributed by atoms with Crippen LogP contribution in [-0.2, 0) is 9.53 Å². The first kappa shape index (κ1) is 22.4. The smallest absolute Gasteiger partial charge is 0.312 e. The maximum absolute atomic E-state index is 12.3. The van der Waals surface area contributed by atoms with E-state index in [1.807, 2.05) is 12.1 Å². The predicted octanol–water partition coefficient (Wildman–Crippen LogP) is 4.38. The van der Waals surface area contributed by atoms with Crippen molar-refractivity contribution < 1.29 is 19.1 Å². The lowest BCUT2D eigenvalue weighted by molar-refractivity contribution is -0.143. The van der Waals surface area contributed by atoms with E-state index in [9.17, 15) is 14.4 Å². The summed E-state index contributed by atoms with van der Waals surface area (Å²) in [5.74, 6) is -0.497. The van der Waals surface area contributed by atoms with Gasteiger partial charge < -0.3 is 15.8 Å². The average Bonchev–Trinajstić information content (AvgIpc) is 2.71. The number of rotatable bonds is 9. The zero-order chi connectivity index (χ0) is 21.4. The van der Waals surface area contributed by atoms with Crippen molar-refractivity contribution in [1.82, 2.24) is 5.32 Å². The Morgan fingerprint density at radius 3 is 2.17 bits per heavy atom. The molecule has 2 rings (SSSR count). The molecule has 3 N–H and O–H groups in total. The van der Waals surface area contributed by atoms with Crippen molar-refractivity contribution in [2.45, 2.75) is 38.6 Å². The molecule has 29 heavy (non-hydrogen) atoms. The van der Waals surface area contributed by atoms with Gasteiger partial charge in [-0.1, -0.05) is 61.8 Å². The molecule has 7 heteroatoms. The normalized spacial score (nSPS) is 12.7. The van der Waals surface area contributed by atoms with Gasteiger partial charge in [0.05, 0.1) is 12.5 Å². The topological polar surface area (TPSA) is 98.5 Å². The van der Waals surface area contributed by atoms with E-state index >= 15 is 0 Å². The Morgan fingerprint density at radius 1 is 1.03 bits per heavy atom. The van der Waals surface area contributed by atoms with Crippen LogP contribution in [0.1, 0.15) is 60.1 Å². The number of carbonyl (C=O) groups excluding carboxylic acids is 3. The van der Waals surface area contributed by atoms with Crippen LogP contribution in [0.4, 0.5) is 4.79 Å². The highest BCUT2D eigenvalue weighted by Gasteiger charge is 2.19. The minimum atomic E-state index is -0.768. The summed E-state index contributed by atoms with van der Waals surface area (Å²) in [7, 11) is 0. The first-order valence-corrected chi connectivity index (χ1v) is 9.78. The SMILES string of the molecule is CC[C@H](C)c1ccc(C(=O)COC(=O)C[C@@H](NC(N)=O)c2ccc(Cl)cc2)cc1. The van der Waals surface area contributed by atoms with Crippen LogP contribution in [0.15, 0.2) is 48.5 Å². The van der Waals surface area contributed by atoms with Crippen LogP contribution in [0.5, 0.6) is 0 Å². The van der Waals surface area contributed by atoms with Crippen LogP contribution in [0.25, 0.3) is 0 Å². The molecule has 0 heterocycles. The number of halogens is 1. The summed E-state index contributed by atoms with van der Waals surface area (Å²) in [4.78, 5) is 35.7. The summed E-state index contributed by atoms with van der Waals surface area (Å²) in [6.45, 7) is 3.86. The van der Waals surface area contributed by atoms with E-state index in [-0.39, 0.29) is 18.8 Å². The van der Waals surface area contributed by atoms with Gasteiger partial charge in [0, 0.05) is 10.6 Å². The van der Waals surface area contributed by atoms with Crippen LogP contribution < -0.4 is 11.1 Å². The highest BCUT2D eigenvalue weighted by molar-refractivity contribution is 6.30. The lowest BCUT2D eigenvalue weighted by Crippen LogP contribution is -2.34. The van der Waals surface area contributed by atoms with E-state index in [0.29, 0.717) is 22.1 Å². The number of amides is 2. The first-order valence-electron chi connectivity index (χ1n) is 9.40. The lowest BCUT2D eigenvalue weighted by Gasteiger charge is -2.17. The Balaban J connectivity index is 1.94. The third-order valence-corrected chi connectivity index (χ3v) is 4.99. The van der Waals surface area contributed by atoms with E-state index in [1.54, 1.807) is 36.4 Å². The third kappa shape index (κ3) is 6.91. The molecule has 2 aromatic carbocycles. The molecule has 2 atom stereocenters. The summed E-state index contributed by atoms with van der Waals surface area (Å²) in [6.07, 6.45) is 0.851. The van der Waals surface area contributed by atoms with Crippen molar-refractivity contribution in [2.24, 2.45) is 5.73 Å². The van der Waals surface area contributed by atoms with Gasteiger partial charge in [-0.2, -0.15) is 0 Å². The quantitative estimate of drug-likeness (QED) is 0.468. The summed E-state index contributed by atoms with van der Waals surface area (Å²) in [5.41, 5.74) is 7.48. The number of Topliss-reactive ketones (excluding diaryl/α,β-unsaturated/α-hetero) is 1. The number of nitrogens with two attached hydrogens (primary N) is 1. The van der Waals surface area contributed by atoms with Crippen LogP contribution in [0.3, 0.4) is 0 Å².